The number of hydrogen-bond donors (Lipinski definition) is 4. The van der Waals surface area contributed by atoms with E-state index in [-0.39, 0.29) is 5.91 Å². The van der Waals surface area contributed by atoms with Crippen LogP contribution in [-0.2, 0) is 17.7 Å². The monoisotopic (exact) mass is 760 g/mol. The average Bonchev–Trinajstić information content (AvgIpc) is 3.22. The number of carbonyl (C=O) groups excluding carboxylic acids is 1. The van der Waals surface area contributed by atoms with Crippen LogP contribution in [0.5, 0.6) is 5.75 Å². The van der Waals surface area contributed by atoms with Gasteiger partial charge in [-0.05, 0) is 91.7 Å². The number of likely N-dealkylation sites (N-methyl/N-ethyl adjacent to an activating group) is 1. The summed E-state index contributed by atoms with van der Waals surface area (Å²) < 4.78 is 10.6. The van der Waals surface area contributed by atoms with E-state index in [1.807, 2.05) is 106 Å². The fourth-order valence-corrected chi connectivity index (χ4v) is 5.87. The zero-order chi connectivity index (χ0) is 39.7. The molecule has 1 saturated heterocycles. The lowest BCUT2D eigenvalue weighted by atomic mass is 10.1. The second-order valence-electron chi connectivity index (χ2n) is 14.3. The Morgan fingerprint density at radius 1 is 0.929 bits per heavy atom. The summed E-state index contributed by atoms with van der Waals surface area (Å²) in [5.41, 5.74) is 7.30. The Morgan fingerprint density at radius 2 is 1.68 bits per heavy atom. The maximum Gasteiger partial charge on any atom is 0.255 e. The molecule has 4 N–H and O–H groups in total. The van der Waals surface area contributed by atoms with Crippen molar-refractivity contribution in [1.82, 2.24) is 30.1 Å². The largest absolute Gasteiger partial charge is 0.491 e. The molecular formula is C44H56N8O4. The van der Waals surface area contributed by atoms with Gasteiger partial charge in [0, 0.05) is 93.5 Å². The Morgan fingerprint density at radius 3 is 2.38 bits per heavy atom. The number of aryl methyl sites for hydroxylation is 1. The molecule has 0 radical (unpaired) electrons. The van der Waals surface area contributed by atoms with Gasteiger partial charge in [-0.3, -0.25) is 14.7 Å². The molecule has 1 aliphatic rings. The van der Waals surface area contributed by atoms with Crippen molar-refractivity contribution in [3.05, 3.63) is 126 Å². The number of hydrogen-bond acceptors (Lipinski definition) is 11. The van der Waals surface area contributed by atoms with E-state index in [1.54, 1.807) is 25.7 Å². The van der Waals surface area contributed by atoms with E-state index in [2.05, 4.69) is 47.7 Å². The molecule has 0 saturated carbocycles. The second kappa shape index (κ2) is 21.7. The number of ether oxygens (including phenoxy) is 2. The Balaban J connectivity index is 0.000000267. The third-order valence-electron chi connectivity index (χ3n) is 9.30. The predicted octanol–water partition coefficient (Wildman–Crippen LogP) is 6.20. The summed E-state index contributed by atoms with van der Waals surface area (Å²) in [6, 6.07) is 27.6. The third kappa shape index (κ3) is 13.8. The van der Waals surface area contributed by atoms with Gasteiger partial charge in [0.1, 0.15) is 18.5 Å². The van der Waals surface area contributed by atoms with Crippen LogP contribution in [0.2, 0.25) is 0 Å². The van der Waals surface area contributed by atoms with E-state index in [9.17, 15) is 9.90 Å². The molecule has 5 aromatic rings. The highest BCUT2D eigenvalue weighted by molar-refractivity contribution is 6.04. The SMILES string of the molecule is COCCc1ccc(OCC(O)CNC(C)C)cc1.Cc1ccc(NC(=O)c2ccc(CN3CCN(C)CC3)cc2)cc1Nc1nccc(-c2cccnc2)n1. The first-order chi connectivity index (χ1) is 27.1. The number of nitrogens with one attached hydrogen (secondary N) is 3. The molecule has 1 unspecified atom stereocenters. The van der Waals surface area contributed by atoms with E-state index in [0.29, 0.717) is 36.4 Å². The molecule has 3 aromatic carbocycles. The van der Waals surface area contributed by atoms with Gasteiger partial charge in [-0.25, -0.2) is 9.97 Å². The quantitative estimate of drug-likeness (QED) is 0.0915. The summed E-state index contributed by atoms with van der Waals surface area (Å²) in [5.74, 6) is 1.12. The first kappa shape index (κ1) is 41.9. The van der Waals surface area contributed by atoms with Crippen molar-refractivity contribution in [2.75, 3.05) is 70.7 Å². The van der Waals surface area contributed by atoms with Crippen molar-refractivity contribution >= 4 is 23.2 Å². The van der Waals surface area contributed by atoms with Crippen LogP contribution >= 0.6 is 0 Å². The molecule has 1 amide bonds. The highest BCUT2D eigenvalue weighted by Crippen LogP contribution is 2.25. The van der Waals surface area contributed by atoms with Crippen molar-refractivity contribution in [2.45, 2.75) is 45.9 Å². The maximum absolute atomic E-state index is 12.9. The first-order valence-corrected chi connectivity index (χ1v) is 19.2. The van der Waals surface area contributed by atoms with E-state index in [4.69, 9.17) is 9.47 Å². The van der Waals surface area contributed by atoms with E-state index in [1.165, 1.54) is 11.1 Å². The van der Waals surface area contributed by atoms with Gasteiger partial charge in [0.05, 0.1) is 12.3 Å². The van der Waals surface area contributed by atoms with E-state index in [0.717, 1.165) is 74.0 Å². The van der Waals surface area contributed by atoms with Crippen molar-refractivity contribution < 1.29 is 19.4 Å². The molecule has 1 fully saturated rings. The topological polar surface area (TPSA) is 137 Å². The maximum atomic E-state index is 12.9. The molecular weight excluding hydrogens is 705 g/mol. The zero-order valence-corrected chi connectivity index (χ0v) is 33.2. The summed E-state index contributed by atoms with van der Waals surface area (Å²) in [6.45, 7) is 12.9. The normalized spacial score (nSPS) is 13.8. The molecule has 12 nitrogen and oxygen atoms in total. The van der Waals surface area contributed by atoms with E-state index < -0.39 is 6.10 Å². The second-order valence-corrected chi connectivity index (χ2v) is 14.3. The van der Waals surface area contributed by atoms with Gasteiger partial charge >= 0.3 is 0 Å². The minimum atomic E-state index is -0.490. The highest BCUT2D eigenvalue weighted by Gasteiger charge is 2.15. The average molecular weight is 761 g/mol. The lowest BCUT2D eigenvalue weighted by Gasteiger charge is -2.32. The molecule has 0 spiro atoms. The Kier molecular flexibility index (Phi) is 16.3. The van der Waals surface area contributed by atoms with Gasteiger partial charge < -0.3 is 35.4 Å². The van der Waals surface area contributed by atoms with Crippen LogP contribution in [0, 0.1) is 6.92 Å². The predicted molar refractivity (Wildman–Crippen MR) is 224 cm³/mol. The smallest absolute Gasteiger partial charge is 0.255 e. The highest BCUT2D eigenvalue weighted by atomic mass is 16.5. The molecule has 0 bridgehead atoms. The number of aliphatic hydroxyl groups excluding tert-OH is 1. The zero-order valence-electron chi connectivity index (χ0n) is 33.2. The minimum absolute atomic E-state index is 0.143. The Hall–Kier alpha value is -5.24. The Labute approximate surface area is 331 Å². The van der Waals surface area contributed by atoms with E-state index >= 15 is 0 Å². The number of aliphatic hydroxyl groups is 1. The number of aromatic nitrogens is 3. The van der Waals surface area contributed by atoms with Crippen molar-refractivity contribution in [3.8, 4) is 17.0 Å². The van der Waals surface area contributed by atoms with Gasteiger partial charge in [-0.15, -0.1) is 0 Å². The number of pyridine rings is 1. The van der Waals surface area contributed by atoms with Gasteiger partial charge in [-0.2, -0.15) is 0 Å². The summed E-state index contributed by atoms with van der Waals surface area (Å²) in [7, 11) is 3.86. The van der Waals surface area contributed by atoms with Gasteiger partial charge in [0.15, 0.2) is 0 Å². The number of carbonyl (C=O) groups is 1. The van der Waals surface area contributed by atoms with Crippen LogP contribution in [0.4, 0.5) is 17.3 Å². The molecule has 6 rings (SSSR count). The van der Waals surface area contributed by atoms with Crippen LogP contribution < -0.4 is 20.7 Å². The minimum Gasteiger partial charge on any atom is -0.491 e. The van der Waals surface area contributed by atoms with Crippen molar-refractivity contribution in [2.24, 2.45) is 0 Å². The number of piperazine rings is 1. The number of anilines is 3. The third-order valence-corrected chi connectivity index (χ3v) is 9.30. The van der Waals surface area contributed by atoms with Gasteiger partial charge in [0.25, 0.3) is 5.91 Å². The molecule has 0 aliphatic carbocycles. The summed E-state index contributed by atoms with van der Waals surface area (Å²) >= 11 is 0. The standard InChI is InChI=1S/C29H31N7O.C15H25NO3/c1-21-5-10-25(18-27(21)34-29-31-13-11-26(33-29)24-4-3-12-30-19-24)32-28(37)23-8-6-22(7-9-23)20-36-16-14-35(2)15-17-36;1-12(2)16-10-14(17)11-19-15-6-4-13(5-7-15)8-9-18-3/h3-13,18-19H,14-17,20H2,1-2H3,(H,32,37)(H,31,33,34);4-7,12,14,16-17H,8-11H2,1-3H3. The number of nitrogens with zero attached hydrogens (tertiary/aromatic N) is 5. The van der Waals surface area contributed by atoms with Crippen LogP contribution in [0.25, 0.3) is 11.3 Å². The lowest BCUT2D eigenvalue weighted by molar-refractivity contribution is 0.102. The fraction of sp³-hybridized carbons (Fsp3) is 0.364. The van der Waals surface area contributed by atoms with Gasteiger partial charge in [0.2, 0.25) is 5.95 Å². The summed E-state index contributed by atoms with van der Waals surface area (Å²) in [4.78, 5) is 30.9. The number of amides is 1. The number of methoxy groups -OCH3 is 1. The molecule has 3 heterocycles. The van der Waals surface area contributed by atoms with Crippen LogP contribution in [0.1, 0.15) is 40.9 Å². The van der Waals surface area contributed by atoms with Crippen molar-refractivity contribution in [3.63, 3.8) is 0 Å². The van der Waals surface area contributed by atoms with Crippen LogP contribution in [0.15, 0.2) is 104 Å². The number of benzene rings is 3. The molecule has 1 aliphatic heterocycles. The lowest BCUT2D eigenvalue weighted by Crippen LogP contribution is -2.43. The summed E-state index contributed by atoms with van der Waals surface area (Å²) in [6.07, 6.45) is 5.63. The Bertz CT molecular complexity index is 1920. The van der Waals surface area contributed by atoms with Gasteiger partial charge in [-0.1, -0.05) is 44.2 Å². The molecule has 1 atom stereocenters. The van der Waals surface area contributed by atoms with Crippen LogP contribution in [-0.4, -0.2) is 108 Å². The number of rotatable bonds is 16. The fourth-order valence-electron chi connectivity index (χ4n) is 5.87. The van der Waals surface area contributed by atoms with Crippen LogP contribution in [0.3, 0.4) is 0 Å². The molecule has 2 aromatic heterocycles. The molecule has 296 valence electrons. The molecule has 56 heavy (non-hydrogen) atoms. The summed E-state index contributed by atoms with van der Waals surface area (Å²) in [5, 5.41) is 19.2. The molecule has 12 heteroatoms. The van der Waals surface area contributed by atoms with Crippen molar-refractivity contribution in [1.29, 1.82) is 0 Å². The first-order valence-electron chi connectivity index (χ1n) is 19.2.